The quantitative estimate of drug-likeness (QED) is 0.900. The Bertz CT molecular complexity index is 482. The van der Waals surface area contributed by atoms with Crippen LogP contribution < -0.4 is 5.32 Å². The number of halogens is 1. The normalized spacial score (nSPS) is 10.2. The van der Waals surface area contributed by atoms with Gasteiger partial charge in [-0.15, -0.1) is 0 Å². The summed E-state index contributed by atoms with van der Waals surface area (Å²) in [7, 11) is 0. The maximum atomic E-state index is 9.01. The third-order valence-corrected chi connectivity index (χ3v) is 3.05. The summed E-state index contributed by atoms with van der Waals surface area (Å²) in [5, 5.41) is 12.4. The fraction of sp³-hybridized carbons (Fsp3) is 0.143. The third kappa shape index (κ3) is 3.32. The van der Waals surface area contributed by atoms with E-state index in [-0.39, 0.29) is 6.61 Å². The molecule has 2 N–H and O–H groups in total. The van der Waals surface area contributed by atoms with Gasteiger partial charge in [0.2, 0.25) is 0 Å². The molecule has 0 bridgehead atoms. The van der Waals surface area contributed by atoms with Gasteiger partial charge >= 0.3 is 0 Å². The summed E-state index contributed by atoms with van der Waals surface area (Å²) in [6, 6.07) is 16.0. The van der Waals surface area contributed by atoms with Crippen LogP contribution in [-0.4, -0.2) is 11.7 Å². The summed E-state index contributed by atoms with van der Waals surface area (Å²) in [5.74, 6) is 0. The maximum Gasteiger partial charge on any atom is 0.0472 e. The van der Waals surface area contributed by atoms with Crippen molar-refractivity contribution in [3.05, 3.63) is 58.6 Å². The predicted molar refractivity (Wildman–Crippen MR) is 74.7 cm³/mol. The molecule has 0 saturated carbocycles. The number of aliphatic hydroxyl groups is 1. The molecule has 2 rings (SSSR count). The number of hydrogen-bond acceptors (Lipinski definition) is 2. The lowest BCUT2D eigenvalue weighted by Crippen LogP contribution is -1.98. The Balaban J connectivity index is 2.20. The average Bonchev–Trinajstić information content (AvgIpc) is 2.35. The summed E-state index contributed by atoms with van der Waals surface area (Å²) in [6.07, 6.45) is 0.666. The molecule has 0 spiro atoms. The van der Waals surface area contributed by atoms with Gasteiger partial charge in [0.15, 0.2) is 0 Å². The van der Waals surface area contributed by atoms with Crippen LogP contribution in [0.1, 0.15) is 5.56 Å². The minimum absolute atomic E-state index is 0.166. The number of para-hydroxylation sites is 1. The SMILES string of the molecule is OCCc1ccccc1Nc1ccc(Br)cc1. The zero-order valence-corrected chi connectivity index (χ0v) is 10.9. The van der Waals surface area contributed by atoms with E-state index >= 15 is 0 Å². The van der Waals surface area contributed by atoms with E-state index in [9.17, 15) is 0 Å². The van der Waals surface area contributed by atoms with Crippen molar-refractivity contribution in [2.24, 2.45) is 0 Å². The van der Waals surface area contributed by atoms with Gasteiger partial charge in [0.1, 0.15) is 0 Å². The van der Waals surface area contributed by atoms with Gasteiger partial charge in [-0.25, -0.2) is 0 Å². The van der Waals surface area contributed by atoms with E-state index in [1.165, 1.54) is 0 Å². The molecule has 17 heavy (non-hydrogen) atoms. The lowest BCUT2D eigenvalue weighted by atomic mass is 10.1. The number of aliphatic hydroxyl groups excluding tert-OH is 1. The van der Waals surface area contributed by atoms with Gasteiger partial charge in [0.05, 0.1) is 0 Å². The number of hydrogen-bond donors (Lipinski definition) is 2. The van der Waals surface area contributed by atoms with E-state index in [4.69, 9.17) is 5.11 Å². The summed E-state index contributed by atoms with van der Waals surface area (Å²) >= 11 is 3.41. The van der Waals surface area contributed by atoms with Crippen molar-refractivity contribution < 1.29 is 5.11 Å². The molecule has 0 aliphatic carbocycles. The Labute approximate surface area is 109 Å². The largest absolute Gasteiger partial charge is 0.396 e. The van der Waals surface area contributed by atoms with E-state index < -0.39 is 0 Å². The summed E-state index contributed by atoms with van der Waals surface area (Å²) in [5.41, 5.74) is 3.21. The monoisotopic (exact) mass is 291 g/mol. The highest BCUT2D eigenvalue weighted by Gasteiger charge is 2.01. The first-order valence-electron chi connectivity index (χ1n) is 5.51. The predicted octanol–water partition coefficient (Wildman–Crippen LogP) is 3.73. The number of nitrogens with one attached hydrogen (secondary N) is 1. The molecule has 0 saturated heterocycles. The summed E-state index contributed by atoms with van der Waals surface area (Å²) in [4.78, 5) is 0. The first-order valence-corrected chi connectivity index (χ1v) is 6.30. The van der Waals surface area contributed by atoms with Crippen molar-refractivity contribution in [1.82, 2.24) is 0 Å². The standard InChI is InChI=1S/C14H14BrNO/c15-12-5-7-13(8-6-12)16-14-4-2-1-3-11(14)9-10-17/h1-8,16-17H,9-10H2. The fourth-order valence-corrected chi connectivity index (χ4v) is 1.93. The van der Waals surface area contributed by atoms with E-state index in [0.29, 0.717) is 6.42 Å². The van der Waals surface area contributed by atoms with Gasteiger partial charge < -0.3 is 10.4 Å². The second-order valence-electron chi connectivity index (χ2n) is 3.76. The Morgan fingerprint density at radius 2 is 1.71 bits per heavy atom. The maximum absolute atomic E-state index is 9.01. The van der Waals surface area contributed by atoms with E-state index in [2.05, 4.69) is 21.2 Å². The van der Waals surface area contributed by atoms with Crippen LogP contribution >= 0.6 is 15.9 Å². The minimum atomic E-state index is 0.166. The lowest BCUT2D eigenvalue weighted by Gasteiger charge is -2.11. The van der Waals surface area contributed by atoms with Crippen LogP contribution in [0.25, 0.3) is 0 Å². The van der Waals surface area contributed by atoms with Gasteiger partial charge in [0.25, 0.3) is 0 Å². The minimum Gasteiger partial charge on any atom is -0.396 e. The van der Waals surface area contributed by atoms with E-state index in [1.54, 1.807) is 0 Å². The van der Waals surface area contributed by atoms with Crippen molar-refractivity contribution in [3.8, 4) is 0 Å². The molecule has 0 aromatic heterocycles. The molecular weight excluding hydrogens is 278 g/mol. The number of rotatable bonds is 4. The third-order valence-electron chi connectivity index (χ3n) is 2.52. The molecule has 0 aliphatic rings. The van der Waals surface area contributed by atoms with Crippen LogP contribution in [0.3, 0.4) is 0 Å². The van der Waals surface area contributed by atoms with Gasteiger partial charge in [0, 0.05) is 22.5 Å². The second kappa shape index (κ2) is 5.84. The molecule has 0 fully saturated rings. The van der Waals surface area contributed by atoms with Crippen molar-refractivity contribution in [2.75, 3.05) is 11.9 Å². The topological polar surface area (TPSA) is 32.3 Å². The average molecular weight is 292 g/mol. The van der Waals surface area contributed by atoms with Crippen molar-refractivity contribution in [3.63, 3.8) is 0 Å². The second-order valence-corrected chi connectivity index (χ2v) is 4.68. The van der Waals surface area contributed by atoms with Gasteiger partial charge in [-0.05, 0) is 42.3 Å². The highest BCUT2D eigenvalue weighted by Crippen LogP contribution is 2.22. The zero-order chi connectivity index (χ0) is 12.1. The van der Waals surface area contributed by atoms with Gasteiger partial charge in [-0.1, -0.05) is 34.1 Å². The van der Waals surface area contributed by atoms with Crippen LogP contribution in [0.4, 0.5) is 11.4 Å². The zero-order valence-electron chi connectivity index (χ0n) is 9.36. The van der Waals surface area contributed by atoms with Crippen molar-refractivity contribution in [1.29, 1.82) is 0 Å². The van der Waals surface area contributed by atoms with Crippen molar-refractivity contribution in [2.45, 2.75) is 6.42 Å². The molecule has 0 aliphatic heterocycles. The molecule has 2 aromatic carbocycles. The molecule has 0 heterocycles. The molecular formula is C14H14BrNO. The van der Waals surface area contributed by atoms with Crippen LogP contribution in [-0.2, 0) is 6.42 Å². The van der Waals surface area contributed by atoms with Gasteiger partial charge in [-0.3, -0.25) is 0 Å². The Morgan fingerprint density at radius 3 is 2.41 bits per heavy atom. The Kier molecular flexibility index (Phi) is 4.18. The molecule has 3 heteroatoms. The smallest absolute Gasteiger partial charge is 0.0472 e. The van der Waals surface area contributed by atoms with Gasteiger partial charge in [-0.2, -0.15) is 0 Å². The highest BCUT2D eigenvalue weighted by molar-refractivity contribution is 9.10. The molecule has 2 aromatic rings. The van der Waals surface area contributed by atoms with Crippen LogP contribution in [0, 0.1) is 0 Å². The van der Waals surface area contributed by atoms with Crippen molar-refractivity contribution >= 4 is 27.3 Å². The Hall–Kier alpha value is -1.32. The summed E-state index contributed by atoms with van der Waals surface area (Å²) < 4.78 is 1.06. The molecule has 88 valence electrons. The molecule has 0 amide bonds. The molecule has 2 nitrogen and oxygen atoms in total. The van der Waals surface area contributed by atoms with Crippen LogP contribution in [0.15, 0.2) is 53.0 Å². The van der Waals surface area contributed by atoms with Crippen LogP contribution in [0.5, 0.6) is 0 Å². The molecule has 0 unspecified atom stereocenters. The number of anilines is 2. The highest BCUT2D eigenvalue weighted by atomic mass is 79.9. The van der Waals surface area contributed by atoms with E-state index in [1.807, 2.05) is 48.5 Å². The Morgan fingerprint density at radius 1 is 1.00 bits per heavy atom. The summed E-state index contributed by atoms with van der Waals surface area (Å²) in [6.45, 7) is 0.166. The lowest BCUT2D eigenvalue weighted by molar-refractivity contribution is 0.300. The number of benzene rings is 2. The first-order chi connectivity index (χ1) is 8.29. The van der Waals surface area contributed by atoms with Crippen LogP contribution in [0.2, 0.25) is 0 Å². The van der Waals surface area contributed by atoms with E-state index in [0.717, 1.165) is 21.4 Å². The first kappa shape index (κ1) is 12.1. The molecule has 0 atom stereocenters. The fourth-order valence-electron chi connectivity index (χ4n) is 1.67. The molecule has 0 radical (unpaired) electrons.